The van der Waals surface area contributed by atoms with Gasteiger partial charge in [-0.15, -0.1) is 0 Å². The minimum atomic E-state index is -0.544. The van der Waals surface area contributed by atoms with Crippen molar-refractivity contribution in [1.82, 2.24) is 5.32 Å². The van der Waals surface area contributed by atoms with Gasteiger partial charge in [-0.3, -0.25) is 4.79 Å². The van der Waals surface area contributed by atoms with E-state index in [2.05, 4.69) is 5.32 Å². The molecular weight excluding hydrogens is 293 g/mol. The quantitative estimate of drug-likeness (QED) is 0.857. The maximum absolute atomic E-state index is 13.4. The topological polar surface area (TPSA) is 38.3 Å². The van der Waals surface area contributed by atoms with Gasteiger partial charge in [0.15, 0.2) is 0 Å². The van der Waals surface area contributed by atoms with Crippen LogP contribution in [-0.4, -0.2) is 19.1 Å². The molecule has 0 aliphatic rings. The lowest BCUT2D eigenvalue weighted by Crippen LogP contribution is -2.28. The molecule has 0 radical (unpaired) electrons. The van der Waals surface area contributed by atoms with Crippen molar-refractivity contribution in [2.75, 3.05) is 13.2 Å². The third-order valence-electron chi connectivity index (χ3n) is 2.85. The summed E-state index contributed by atoms with van der Waals surface area (Å²) in [5.74, 6) is -0.443. The first-order chi connectivity index (χ1) is 10.1. The molecule has 1 amide bonds. The van der Waals surface area contributed by atoms with E-state index in [9.17, 15) is 9.18 Å². The van der Waals surface area contributed by atoms with E-state index in [0.717, 1.165) is 5.56 Å². The monoisotopic (exact) mass is 307 g/mol. The Balaban J connectivity index is 1.84. The lowest BCUT2D eigenvalue weighted by molar-refractivity contribution is 0.0943. The number of ether oxygens (including phenoxy) is 1. The zero-order chi connectivity index (χ0) is 15.2. The van der Waals surface area contributed by atoms with Crippen molar-refractivity contribution in [3.8, 4) is 5.75 Å². The first-order valence-corrected chi connectivity index (χ1v) is 6.87. The molecule has 0 aromatic heterocycles. The zero-order valence-corrected chi connectivity index (χ0v) is 12.3. The van der Waals surface area contributed by atoms with Gasteiger partial charge in [0.05, 0.1) is 17.1 Å². The minimum Gasteiger partial charge on any atom is -0.490 e. The van der Waals surface area contributed by atoms with Crippen LogP contribution in [0.3, 0.4) is 0 Å². The maximum Gasteiger partial charge on any atom is 0.254 e. The van der Waals surface area contributed by atoms with Crippen molar-refractivity contribution in [3.63, 3.8) is 0 Å². The Labute approximate surface area is 127 Å². The average Bonchev–Trinajstić information content (AvgIpc) is 2.47. The van der Waals surface area contributed by atoms with Gasteiger partial charge in [-0.25, -0.2) is 4.39 Å². The molecule has 0 heterocycles. The highest BCUT2D eigenvalue weighted by Gasteiger charge is 2.10. The molecule has 3 nitrogen and oxygen atoms in total. The van der Waals surface area contributed by atoms with E-state index >= 15 is 0 Å². The molecular formula is C16H15ClFNO2. The van der Waals surface area contributed by atoms with Gasteiger partial charge in [0.1, 0.15) is 18.2 Å². The molecule has 0 atom stereocenters. The molecule has 21 heavy (non-hydrogen) atoms. The molecule has 2 aromatic carbocycles. The Kier molecular flexibility index (Phi) is 5.17. The fourth-order valence-corrected chi connectivity index (χ4v) is 1.96. The number of carbonyl (C=O) groups excluding carboxylic acids is 1. The lowest BCUT2D eigenvalue weighted by Gasteiger charge is -2.10. The van der Waals surface area contributed by atoms with Crippen molar-refractivity contribution < 1.29 is 13.9 Å². The zero-order valence-electron chi connectivity index (χ0n) is 11.5. The van der Waals surface area contributed by atoms with E-state index in [1.165, 1.54) is 18.2 Å². The van der Waals surface area contributed by atoms with Crippen LogP contribution in [0, 0.1) is 12.7 Å². The number of hydrogen-bond acceptors (Lipinski definition) is 2. The van der Waals surface area contributed by atoms with Gasteiger partial charge in [-0.2, -0.15) is 0 Å². The molecule has 0 unspecified atom stereocenters. The summed E-state index contributed by atoms with van der Waals surface area (Å²) in [5.41, 5.74) is 1.05. The summed E-state index contributed by atoms with van der Waals surface area (Å²) in [7, 11) is 0. The number of hydrogen-bond donors (Lipinski definition) is 1. The molecule has 1 N–H and O–H groups in total. The Morgan fingerprint density at radius 3 is 2.81 bits per heavy atom. The molecule has 0 fully saturated rings. The second-order valence-electron chi connectivity index (χ2n) is 4.52. The summed E-state index contributed by atoms with van der Waals surface area (Å²) in [5, 5.41) is 3.11. The van der Waals surface area contributed by atoms with Crippen molar-refractivity contribution in [3.05, 3.63) is 64.4 Å². The van der Waals surface area contributed by atoms with Crippen molar-refractivity contribution in [2.45, 2.75) is 6.92 Å². The fourth-order valence-electron chi connectivity index (χ4n) is 1.79. The Morgan fingerprint density at radius 2 is 2.05 bits per heavy atom. The molecule has 2 rings (SSSR count). The number of aryl methyl sites for hydroxylation is 1. The van der Waals surface area contributed by atoms with Crippen LogP contribution >= 0.6 is 11.6 Å². The van der Waals surface area contributed by atoms with Crippen LogP contribution in [0.1, 0.15) is 15.9 Å². The van der Waals surface area contributed by atoms with E-state index in [4.69, 9.17) is 16.3 Å². The maximum atomic E-state index is 13.4. The standard InChI is InChI=1S/C16H15ClFNO2/c1-11-6-7-13(17)15(10-11)21-9-8-19-16(20)12-4-2-3-5-14(12)18/h2-7,10H,8-9H2,1H3,(H,19,20). The largest absolute Gasteiger partial charge is 0.490 e. The van der Waals surface area contributed by atoms with Crippen LogP contribution in [0.4, 0.5) is 4.39 Å². The molecule has 110 valence electrons. The molecule has 0 spiro atoms. The Hall–Kier alpha value is -2.07. The second-order valence-corrected chi connectivity index (χ2v) is 4.93. The van der Waals surface area contributed by atoms with Gasteiger partial charge in [0.25, 0.3) is 5.91 Å². The van der Waals surface area contributed by atoms with Gasteiger partial charge < -0.3 is 10.1 Å². The molecule has 2 aromatic rings. The van der Waals surface area contributed by atoms with Crippen LogP contribution in [0.5, 0.6) is 5.75 Å². The third-order valence-corrected chi connectivity index (χ3v) is 3.16. The average molecular weight is 308 g/mol. The first kappa shape index (κ1) is 15.3. The smallest absolute Gasteiger partial charge is 0.254 e. The Morgan fingerprint density at radius 1 is 1.29 bits per heavy atom. The predicted molar refractivity (Wildman–Crippen MR) is 80.4 cm³/mol. The summed E-state index contributed by atoms with van der Waals surface area (Å²) in [4.78, 5) is 11.8. The number of carbonyl (C=O) groups is 1. The highest BCUT2D eigenvalue weighted by Crippen LogP contribution is 2.24. The van der Waals surface area contributed by atoms with Gasteiger partial charge in [0, 0.05) is 0 Å². The summed E-state index contributed by atoms with van der Waals surface area (Å²) in [6.07, 6.45) is 0. The van der Waals surface area contributed by atoms with Crippen LogP contribution in [0.15, 0.2) is 42.5 Å². The third kappa shape index (κ3) is 4.20. The van der Waals surface area contributed by atoms with E-state index in [0.29, 0.717) is 10.8 Å². The molecule has 0 aliphatic heterocycles. The van der Waals surface area contributed by atoms with Crippen LogP contribution in [0.25, 0.3) is 0 Å². The fraction of sp³-hybridized carbons (Fsp3) is 0.188. The van der Waals surface area contributed by atoms with E-state index in [1.807, 2.05) is 19.1 Å². The highest BCUT2D eigenvalue weighted by molar-refractivity contribution is 6.32. The summed E-state index contributed by atoms with van der Waals surface area (Å²) in [6.45, 7) is 2.45. The van der Waals surface area contributed by atoms with Crippen molar-refractivity contribution >= 4 is 17.5 Å². The molecule has 0 aliphatic carbocycles. The summed E-state index contributed by atoms with van der Waals surface area (Å²) >= 11 is 5.99. The Bertz CT molecular complexity index is 646. The van der Waals surface area contributed by atoms with Gasteiger partial charge >= 0.3 is 0 Å². The number of amides is 1. The van der Waals surface area contributed by atoms with Gasteiger partial charge in [-0.05, 0) is 36.8 Å². The van der Waals surface area contributed by atoms with Crippen molar-refractivity contribution in [1.29, 1.82) is 0 Å². The highest BCUT2D eigenvalue weighted by atomic mass is 35.5. The van der Waals surface area contributed by atoms with Gasteiger partial charge in [0.2, 0.25) is 0 Å². The van der Waals surface area contributed by atoms with Crippen LogP contribution in [-0.2, 0) is 0 Å². The van der Waals surface area contributed by atoms with Crippen molar-refractivity contribution in [2.24, 2.45) is 0 Å². The van der Waals surface area contributed by atoms with Gasteiger partial charge in [-0.1, -0.05) is 29.8 Å². The van der Waals surface area contributed by atoms with E-state index < -0.39 is 11.7 Å². The van der Waals surface area contributed by atoms with E-state index in [1.54, 1.807) is 12.1 Å². The lowest BCUT2D eigenvalue weighted by atomic mass is 10.2. The molecule has 0 saturated heterocycles. The first-order valence-electron chi connectivity index (χ1n) is 6.49. The van der Waals surface area contributed by atoms with Crippen LogP contribution < -0.4 is 10.1 Å². The molecule has 0 bridgehead atoms. The number of nitrogens with one attached hydrogen (secondary N) is 1. The summed E-state index contributed by atoms with van der Waals surface area (Å²) < 4.78 is 18.9. The number of rotatable bonds is 5. The molecule has 0 saturated carbocycles. The number of halogens is 2. The predicted octanol–water partition coefficient (Wildman–Crippen LogP) is 3.60. The minimum absolute atomic E-state index is 0.0195. The van der Waals surface area contributed by atoms with Crippen LogP contribution in [0.2, 0.25) is 5.02 Å². The second kappa shape index (κ2) is 7.09. The number of benzene rings is 2. The molecule has 5 heteroatoms. The normalized spacial score (nSPS) is 10.2. The SMILES string of the molecule is Cc1ccc(Cl)c(OCCNC(=O)c2ccccc2F)c1. The summed E-state index contributed by atoms with van der Waals surface area (Å²) in [6, 6.07) is 11.3. The van der Waals surface area contributed by atoms with E-state index in [-0.39, 0.29) is 18.7 Å².